The van der Waals surface area contributed by atoms with Crippen molar-refractivity contribution in [3.63, 3.8) is 0 Å². The van der Waals surface area contributed by atoms with E-state index in [1.165, 1.54) is 0 Å². The summed E-state index contributed by atoms with van der Waals surface area (Å²) in [6.07, 6.45) is 0. The molecule has 2 aromatic rings. The third kappa shape index (κ3) is 2.46. The Morgan fingerprint density at radius 2 is 1.89 bits per heavy atom. The van der Waals surface area contributed by atoms with Crippen LogP contribution in [0.25, 0.3) is 0 Å². The van der Waals surface area contributed by atoms with Gasteiger partial charge in [0.15, 0.2) is 5.78 Å². The van der Waals surface area contributed by atoms with Gasteiger partial charge < -0.3 is 4.74 Å². The zero-order valence-corrected chi connectivity index (χ0v) is 12.3. The number of fused-ring (bicyclic) bond motifs is 1. The monoisotopic (exact) mass is 336 g/mol. The molecule has 2 aromatic carbocycles. The lowest BCUT2D eigenvalue weighted by atomic mass is 9.99. The molecule has 96 valence electrons. The number of hydrogen-bond acceptors (Lipinski definition) is 2. The van der Waals surface area contributed by atoms with Gasteiger partial charge in [0.25, 0.3) is 0 Å². The third-order valence-corrected chi connectivity index (χ3v) is 4.05. The zero-order chi connectivity index (χ0) is 13.4. The molecule has 3 rings (SSSR count). The van der Waals surface area contributed by atoms with Crippen LogP contribution in [-0.4, -0.2) is 5.78 Å². The lowest BCUT2D eigenvalue weighted by Gasteiger charge is -2.06. The number of rotatable bonds is 2. The maximum Gasteiger partial charge on any atom is 0.194 e. The van der Waals surface area contributed by atoms with Gasteiger partial charge in [0.2, 0.25) is 0 Å². The molecule has 2 nitrogen and oxygen atoms in total. The van der Waals surface area contributed by atoms with Crippen molar-refractivity contribution < 1.29 is 9.53 Å². The number of ketones is 1. The van der Waals surface area contributed by atoms with E-state index in [0.717, 1.165) is 11.1 Å². The Balaban J connectivity index is 2.00. The fourth-order valence-electron chi connectivity index (χ4n) is 2.14. The fourth-order valence-corrected chi connectivity index (χ4v) is 3.01. The SMILES string of the molecule is O=C(c1ccc2c(c1)COC2)c1ccc(Cl)cc1Br. The van der Waals surface area contributed by atoms with E-state index in [9.17, 15) is 4.79 Å². The molecule has 4 heteroatoms. The summed E-state index contributed by atoms with van der Waals surface area (Å²) in [5.41, 5.74) is 3.54. The van der Waals surface area contributed by atoms with Crippen LogP contribution in [0, 0.1) is 0 Å². The zero-order valence-electron chi connectivity index (χ0n) is 9.95. The van der Waals surface area contributed by atoms with Crippen LogP contribution in [0.5, 0.6) is 0 Å². The average molecular weight is 338 g/mol. The highest BCUT2D eigenvalue weighted by atomic mass is 79.9. The van der Waals surface area contributed by atoms with E-state index in [0.29, 0.717) is 33.8 Å². The van der Waals surface area contributed by atoms with Crippen LogP contribution in [0.1, 0.15) is 27.0 Å². The van der Waals surface area contributed by atoms with E-state index in [-0.39, 0.29) is 5.78 Å². The molecular formula is C15H10BrClO2. The molecule has 0 atom stereocenters. The van der Waals surface area contributed by atoms with Gasteiger partial charge in [-0.3, -0.25) is 4.79 Å². The summed E-state index contributed by atoms with van der Waals surface area (Å²) in [6, 6.07) is 10.9. The van der Waals surface area contributed by atoms with Gasteiger partial charge in [-0.1, -0.05) is 23.7 Å². The van der Waals surface area contributed by atoms with E-state index in [1.807, 2.05) is 18.2 Å². The minimum atomic E-state index is -0.0155. The van der Waals surface area contributed by atoms with Crippen molar-refractivity contribution in [2.75, 3.05) is 0 Å². The number of carbonyl (C=O) groups excluding carboxylic acids is 1. The Bertz CT molecular complexity index is 667. The third-order valence-electron chi connectivity index (χ3n) is 3.16. The highest BCUT2D eigenvalue weighted by Gasteiger charge is 2.17. The summed E-state index contributed by atoms with van der Waals surface area (Å²) < 4.78 is 6.07. The maximum absolute atomic E-state index is 12.5. The van der Waals surface area contributed by atoms with E-state index < -0.39 is 0 Å². The fraction of sp³-hybridized carbons (Fsp3) is 0.133. The van der Waals surface area contributed by atoms with Crippen LogP contribution in [0.4, 0.5) is 0 Å². The van der Waals surface area contributed by atoms with Crippen LogP contribution >= 0.6 is 27.5 Å². The predicted octanol–water partition coefficient (Wildman–Crippen LogP) is 4.36. The summed E-state index contributed by atoms with van der Waals surface area (Å²) in [5, 5.41) is 0.603. The Morgan fingerprint density at radius 3 is 2.68 bits per heavy atom. The van der Waals surface area contributed by atoms with Gasteiger partial charge >= 0.3 is 0 Å². The molecule has 0 fully saturated rings. The molecule has 0 radical (unpaired) electrons. The van der Waals surface area contributed by atoms with E-state index in [2.05, 4.69) is 15.9 Å². The minimum absolute atomic E-state index is 0.0155. The van der Waals surface area contributed by atoms with Gasteiger partial charge in [-0.25, -0.2) is 0 Å². The number of hydrogen-bond donors (Lipinski definition) is 0. The smallest absolute Gasteiger partial charge is 0.194 e. The van der Waals surface area contributed by atoms with Crippen molar-refractivity contribution in [3.8, 4) is 0 Å². The summed E-state index contributed by atoms with van der Waals surface area (Å²) in [7, 11) is 0. The first-order valence-electron chi connectivity index (χ1n) is 5.84. The van der Waals surface area contributed by atoms with Crippen LogP contribution in [0.3, 0.4) is 0 Å². The van der Waals surface area contributed by atoms with Crippen molar-refractivity contribution in [2.45, 2.75) is 13.2 Å². The van der Waals surface area contributed by atoms with Gasteiger partial charge in [-0.05, 0) is 51.3 Å². The van der Waals surface area contributed by atoms with Crippen LogP contribution in [0.2, 0.25) is 5.02 Å². The van der Waals surface area contributed by atoms with Crippen LogP contribution in [-0.2, 0) is 18.0 Å². The van der Waals surface area contributed by atoms with Gasteiger partial charge in [-0.2, -0.15) is 0 Å². The molecule has 0 aliphatic carbocycles. The highest BCUT2D eigenvalue weighted by Crippen LogP contribution is 2.26. The summed E-state index contributed by atoms with van der Waals surface area (Å²) in [5.74, 6) is -0.0155. The predicted molar refractivity (Wildman–Crippen MR) is 77.5 cm³/mol. The molecule has 0 amide bonds. The lowest BCUT2D eigenvalue weighted by molar-refractivity contribution is 0.103. The second kappa shape index (κ2) is 5.08. The van der Waals surface area contributed by atoms with Gasteiger partial charge in [0, 0.05) is 20.6 Å². The Labute approximate surface area is 124 Å². The molecule has 1 aliphatic heterocycles. The lowest BCUT2D eigenvalue weighted by Crippen LogP contribution is -2.03. The summed E-state index contributed by atoms with van der Waals surface area (Å²) in [6.45, 7) is 1.21. The van der Waals surface area contributed by atoms with E-state index in [4.69, 9.17) is 16.3 Å². The first kappa shape index (κ1) is 12.9. The van der Waals surface area contributed by atoms with E-state index >= 15 is 0 Å². The number of carbonyl (C=O) groups is 1. The van der Waals surface area contributed by atoms with Crippen LogP contribution in [0.15, 0.2) is 40.9 Å². The Morgan fingerprint density at radius 1 is 1.11 bits per heavy atom. The highest BCUT2D eigenvalue weighted by molar-refractivity contribution is 9.10. The molecule has 19 heavy (non-hydrogen) atoms. The second-order valence-corrected chi connectivity index (χ2v) is 5.72. The van der Waals surface area contributed by atoms with Gasteiger partial charge in [0.05, 0.1) is 13.2 Å². The van der Waals surface area contributed by atoms with Gasteiger partial charge in [-0.15, -0.1) is 0 Å². The molecule has 0 saturated heterocycles. The van der Waals surface area contributed by atoms with E-state index in [1.54, 1.807) is 18.2 Å². The standard InChI is InChI=1S/C15H10BrClO2/c16-14-6-12(17)3-4-13(14)15(18)9-1-2-10-7-19-8-11(10)5-9/h1-6H,7-8H2. The molecule has 0 bridgehead atoms. The first-order valence-corrected chi connectivity index (χ1v) is 7.01. The molecule has 0 spiro atoms. The summed E-state index contributed by atoms with van der Waals surface area (Å²) >= 11 is 9.26. The molecular weight excluding hydrogens is 328 g/mol. The Hall–Kier alpha value is -1.16. The van der Waals surface area contributed by atoms with Crippen LogP contribution < -0.4 is 0 Å². The number of halogens is 2. The summed E-state index contributed by atoms with van der Waals surface area (Å²) in [4.78, 5) is 12.5. The number of ether oxygens (including phenoxy) is 1. The largest absolute Gasteiger partial charge is 0.372 e. The average Bonchev–Trinajstić information content (AvgIpc) is 2.85. The number of benzene rings is 2. The topological polar surface area (TPSA) is 26.3 Å². The van der Waals surface area contributed by atoms with Crippen molar-refractivity contribution in [1.29, 1.82) is 0 Å². The van der Waals surface area contributed by atoms with Crippen molar-refractivity contribution >= 4 is 33.3 Å². The molecule has 0 N–H and O–H groups in total. The maximum atomic E-state index is 12.5. The Kier molecular flexibility index (Phi) is 3.44. The van der Waals surface area contributed by atoms with Gasteiger partial charge in [0.1, 0.15) is 0 Å². The quantitative estimate of drug-likeness (QED) is 0.761. The second-order valence-electron chi connectivity index (χ2n) is 4.43. The minimum Gasteiger partial charge on any atom is -0.372 e. The van der Waals surface area contributed by atoms with Crippen molar-refractivity contribution in [1.82, 2.24) is 0 Å². The molecule has 1 aliphatic rings. The molecule has 1 heterocycles. The van der Waals surface area contributed by atoms with Crippen molar-refractivity contribution in [3.05, 3.63) is 68.1 Å². The normalized spacial score (nSPS) is 13.4. The molecule has 0 saturated carbocycles. The molecule has 0 aromatic heterocycles. The first-order chi connectivity index (χ1) is 9.15. The molecule has 0 unspecified atom stereocenters. The van der Waals surface area contributed by atoms with Crippen molar-refractivity contribution in [2.24, 2.45) is 0 Å².